The predicted molar refractivity (Wildman–Crippen MR) is 141 cm³/mol. The van der Waals surface area contributed by atoms with Crippen LogP contribution in [0.25, 0.3) is 10.9 Å². The largest absolute Gasteiger partial charge is 0.497 e. The number of thiophene rings is 1. The number of ether oxygens (including phenoxy) is 1. The number of fused-ring (bicyclic) bond motifs is 1. The lowest BCUT2D eigenvalue weighted by Crippen LogP contribution is -2.42. The molecule has 35 heavy (non-hydrogen) atoms. The summed E-state index contributed by atoms with van der Waals surface area (Å²) in [5.74, 6) is 1.27. The second kappa shape index (κ2) is 12.7. The van der Waals surface area contributed by atoms with Crippen LogP contribution in [0.4, 0.5) is 4.39 Å². The molecule has 188 valence electrons. The molecule has 8 heteroatoms. The van der Waals surface area contributed by atoms with E-state index in [1.54, 1.807) is 30.7 Å². The van der Waals surface area contributed by atoms with E-state index in [2.05, 4.69) is 27.4 Å². The fraction of sp³-hybridized carbons (Fsp3) is 0.481. The molecular weight excluding hydrogens is 483 g/mol. The zero-order valence-electron chi connectivity index (χ0n) is 20.1. The Morgan fingerprint density at radius 2 is 2.23 bits per heavy atom. The quantitative estimate of drug-likeness (QED) is 0.214. The Morgan fingerprint density at radius 1 is 1.34 bits per heavy atom. The number of carboxylic acid groups (broad SMARTS) is 1. The lowest BCUT2D eigenvalue weighted by Gasteiger charge is -2.38. The number of carboxylic acids is 1. The Hall–Kier alpha value is -2.16. The number of likely N-dealkylation sites (tertiary alicyclic amines) is 1. The predicted octanol–water partition coefficient (Wildman–Crippen LogP) is 6.69. The number of rotatable bonds is 12. The summed E-state index contributed by atoms with van der Waals surface area (Å²) in [7, 11) is 1.60. The van der Waals surface area contributed by atoms with Gasteiger partial charge in [0.1, 0.15) is 11.9 Å². The van der Waals surface area contributed by atoms with Crippen LogP contribution in [0.5, 0.6) is 5.75 Å². The number of methoxy groups -OCH3 is 1. The first-order chi connectivity index (χ1) is 17.0. The maximum Gasteiger partial charge on any atom is 0.303 e. The number of carbonyl (C=O) groups is 1. The number of benzene rings is 1. The highest BCUT2D eigenvalue weighted by molar-refractivity contribution is 8.01. The number of aliphatic carboxylic acids is 1. The van der Waals surface area contributed by atoms with Crippen molar-refractivity contribution >= 4 is 40.0 Å². The van der Waals surface area contributed by atoms with E-state index in [-0.39, 0.29) is 18.3 Å². The van der Waals surface area contributed by atoms with Crippen LogP contribution < -0.4 is 4.74 Å². The highest BCUT2D eigenvalue weighted by Gasteiger charge is 2.31. The van der Waals surface area contributed by atoms with Gasteiger partial charge in [0, 0.05) is 30.3 Å². The van der Waals surface area contributed by atoms with Crippen LogP contribution in [-0.2, 0) is 4.79 Å². The van der Waals surface area contributed by atoms with Crippen LogP contribution in [0.2, 0.25) is 0 Å². The number of thioether (sulfide) groups is 1. The Labute approximate surface area is 214 Å². The van der Waals surface area contributed by atoms with Crippen molar-refractivity contribution in [3.05, 3.63) is 53.5 Å². The summed E-state index contributed by atoms with van der Waals surface area (Å²) < 4.78 is 22.1. The SMILES string of the molecule is COc1ccc2nccc([C@@H](F)CC[C@@H]3CCN(CCCSc4cccs4)C[C@@H]3CC(=O)O)c2c1. The molecule has 0 amide bonds. The van der Waals surface area contributed by atoms with Gasteiger partial charge in [-0.1, -0.05) is 6.07 Å². The number of piperidine rings is 1. The molecule has 0 radical (unpaired) electrons. The lowest BCUT2D eigenvalue weighted by atomic mass is 9.79. The van der Waals surface area contributed by atoms with E-state index in [9.17, 15) is 9.90 Å². The molecule has 4 rings (SSSR count). The van der Waals surface area contributed by atoms with Crippen LogP contribution in [0.1, 0.15) is 43.8 Å². The van der Waals surface area contributed by atoms with Crippen molar-refractivity contribution in [1.29, 1.82) is 0 Å². The van der Waals surface area contributed by atoms with Gasteiger partial charge in [-0.25, -0.2) is 4.39 Å². The summed E-state index contributed by atoms with van der Waals surface area (Å²) in [6.07, 6.45) is 3.76. The number of alkyl halides is 1. The number of halogens is 1. The molecule has 1 saturated heterocycles. The van der Waals surface area contributed by atoms with Gasteiger partial charge in [0.25, 0.3) is 0 Å². The first-order valence-electron chi connectivity index (χ1n) is 12.2. The second-order valence-electron chi connectivity index (χ2n) is 9.17. The van der Waals surface area contributed by atoms with Gasteiger partial charge in [-0.05, 0) is 91.9 Å². The molecule has 1 N–H and O–H groups in total. The van der Waals surface area contributed by atoms with Gasteiger partial charge in [-0.2, -0.15) is 0 Å². The second-order valence-corrected chi connectivity index (χ2v) is 11.5. The van der Waals surface area contributed by atoms with Crippen molar-refractivity contribution < 1.29 is 19.0 Å². The van der Waals surface area contributed by atoms with E-state index in [0.717, 1.165) is 49.1 Å². The number of aromatic nitrogens is 1. The third-order valence-electron chi connectivity index (χ3n) is 6.88. The Kier molecular flexibility index (Phi) is 9.40. The van der Waals surface area contributed by atoms with Gasteiger partial charge in [0.2, 0.25) is 0 Å². The van der Waals surface area contributed by atoms with Crippen LogP contribution in [0, 0.1) is 11.8 Å². The van der Waals surface area contributed by atoms with Crippen molar-refractivity contribution in [3.8, 4) is 5.75 Å². The minimum atomic E-state index is -1.12. The zero-order chi connectivity index (χ0) is 24.6. The molecule has 1 fully saturated rings. The average molecular weight is 517 g/mol. The normalized spacial score (nSPS) is 19.6. The van der Waals surface area contributed by atoms with Crippen molar-refractivity contribution in [3.63, 3.8) is 0 Å². The number of pyridine rings is 1. The van der Waals surface area contributed by atoms with Gasteiger partial charge in [0.15, 0.2) is 0 Å². The topological polar surface area (TPSA) is 62.7 Å². The zero-order valence-corrected chi connectivity index (χ0v) is 21.7. The number of nitrogens with zero attached hydrogens (tertiary/aromatic N) is 2. The van der Waals surface area contributed by atoms with E-state index < -0.39 is 12.1 Å². The molecule has 0 saturated carbocycles. The maximum atomic E-state index is 15.4. The molecule has 0 aliphatic carbocycles. The van der Waals surface area contributed by atoms with Crippen LogP contribution in [0.3, 0.4) is 0 Å². The molecule has 3 heterocycles. The van der Waals surface area contributed by atoms with Gasteiger partial charge in [-0.3, -0.25) is 9.78 Å². The number of hydrogen-bond acceptors (Lipinski definition) is 6. The minimum absolute atomic E-state index is 0.0627. The fourth-order valence-corrected chi connectivity index (χ4v) is 6.85. The summed E-state index contributed by atoms with van der Waals surface area (Å²) in [5, 5.41) is 12.4. The van der Waals surface area contributed by atoms with E-state index >= 15 is 4.39 Å². The molecule has 2 aromatic heterocycles. The maximum absolute atomic E-state index is 15.4. The summed E-state index contributed by atoms with van der Waals surface area (Å²) in [4.78, 5) is 18.3. The Bertz CT molecular complexity index is 1100. The van der Waals surface area contributed by atoms with Crippen molar-refractivity contribution in [2.75, 3.05) is 32.5 Å². The third kappa shape index (κ3) is 7.18. The minimum Gasteiger partial charge on any atom is -0.497 e. The summed E-state index contributed by atoms with van der Waals surface area (Å²) >= 11 is 3.65. The molecule has 0 spiro atoms. The fourth-order valence-electron chi connectivity index (χ4n) is 5.06. The lowest BCUT2D eigenvalue weighted by molar-refractivity contribution is -0.139. The van der Waals surface area contributed by atoms with Crippen molar-refractivity contribution in [1.82, 2.24) is 9.88 Å². The van der Waals surface area contributed by atoms with Gasteiger partial charge in [-0.15, -0.1) is 23.1 Å². The highest BCUT2D eigenvalue weighted by atomic mass is 32.2. The van der Waals surface area contributed by atoms with Gasteiger partial charge < -0.3 is 14.7 Å². The monoisotopic (exact) mass is 516 g/mol. The number of hydrogen-bond donors (Lipinski definition) is 1. The summed E-state index contributed by atoms with van der Waals surface area (Å²) in [6.45, 7) is 2.72. The standard InChI is InChI=1S/C27H33FN2O3S2/c1-33-21-6-8-25-23(17-21)22(9-11-29-25)24(28)7-5-19-10-13-30(18-20(19)16-26(31)32)12-3-15-35-27-4-2-14-34-27/h2,4,6,8-9,11,14,17,19-20,24H,3,5,7,10,12-13,15-16,18H2,1H3,(H,31,32)/t19-,20+,24+/m1/s1. The smallest absolute Gasteiger partial charge is 0.303 e. The molecule has 1 aliphatic rings. The van der Waals surface area contributed by atoms with Crippen LogP contribution >= 0.6 is 23.1 Å². The molecule has 0 unspecified atom stereocenters. The van der Waals surface area contributed by atoms with Crippen molar-refractivity contribution in [2.45, 2.75) is 42.5 Å². The average Bonchev–Trinajstić information content (AvgIpc) is 3.38. The van der Waals surface area contributed by atoms with E-state index in [1.807, 2.05) is 30.0 Å². The molecule has 3 aromatic rings. The van der Waals surface area contributed by atoms with Crippen LogP contribution in [-0.4, -0.2) is 53.5 Å². The van der Waals surface area contributed by atoms with E-state index in [0.29, 0.717) is 24.2 Å². The molecule has 1 aliphatic heterocycles. The molecule has 3 atom stereocenters. The van der Waals surface area contributed by atoms with Crippen LogP contribution in [0.15, 0.2) is 52.2 Å². The summed E-state index contributed by atoms with van der Waals surface area (Å²) in [6, 6.07) is 11.5. The molecule has 1 aromatic carbocycles. The third-order valence-corrected chi connectivity index (χ3v) is 9.10. The van der Waals surface area contributed by atoms with Gasteiger partial charge >= 0.3 is 5.97 Å². The Balaban J connectivity index is 1.32. The van der Waals surface area contributed by atoms with E-state index in [1.165, 1.54) is 4.21 Å². The summed E-state index contributed by atoms with van der Waals surface area (Å²) in [5.41, 5.74) is 1.38. The molecule has 0 bridgehead atoms. The first-order valence-corrected chi connectivity index (χ1v) is 14.1. The first kappa shape index (κ1) is 25.9. The van der Waals surface area contributed by atoms with Gasteiger partial charge in [0.05, 0.1) is 16.8 Å². The molecule has 5 nitrogen and oxygen atoms in total. The Morgan fingerprint density at radius 3 is 3.00 bits per heavy atom. The molecular formula is C27H33FN2O3S2. The highest BCUT2D eigenvalue weighted by Crippen LogP contribution is 2.36. The van der Waals surface area contributed by atoms with Crippen molar-refractivity contribution in [2.24, 2.45) is 11.8 Å². The van der Waals surface area contributed by atoms with E-state index in [4.69, 9.17) is 4.74 Å².